The second-order valence-electron chi connectivity index (χ2n) is 9.00. The fraction of sp³-hybridized carbons (Fsp3) is 0.360. The number of ether oxygens (including phenoxy) is 1. The molecule has 2 amide bonds. The van der Waals surface area contributed by atoms with Crippen molar-refractivity contribution >= 4 is 17.4 Å². The van der Waals surface area contributed by atoms with Gasteiger partial charge in [0.1, 0.15) is 11.6 Å². The Labute approximate surface area is 203 Å². The van der Waals surface area contributed by atoms with Crippen molar-refractivity contribution in [3.8, 4) is 5.69 Å². The molecular weight excluding hydrogens is 451 g/mol. The van der Waals surface area contributed by atoms with Gasteiger partial charge in [-0.3, -0.25) is 5.17 Å². The predicted octanol–water partition coefficient (Wildman–Crippen LogP) is 4.60. The van der Waals surface area contributed by atoms with Gasteiger partial charge in [-0.2, -0.15) is 0 Å². The maximum absolute atomic E-state index is 14.8. The number of rotatable bonds is 7. The van der Waals surface area contributed by atoms with Crippen molar-refractivity contribution in [2.75, 3.05) is 24.4 Å². The number of hydrogen-bond donors (Lipinski definition) is 2. The summed E-state index contributed by atoms with van der Waals surface area (Å²) in [7, 11) is 1.54. The van der Waals surface area contributed by atoms with Gasteiger partial charge in [0.2, 0.25) is 0 Å². The van der Waals surface area contributed by atoms with E-state index in [9.17, 15) is 14.4 Å². The van der Waals surface area contributed by atoms with Gasteiger partial charge in [-0.25, -0.2) is 14.2 Å². The fourth-order valence-electron chi connectivity index (χ4n) is 4.43. The highest BCUT2D eigenvalue weighted by molar-refractivity contribution is 5.89. The molecular formula is C25H28FN6O3-. The first-order valence-electron chi connectivity index (χ1n) is 11.7. The molecule has 5 rings (SSSR count). The summed E-state index contributed by atoms with van der Waals surface area (Å²) in [6, 6.07) is 11.9. The molecule has 1 aromatic heterocycles. The number of nitrogens with zero attached hydrogens (tertiary/aromatic N) is 4. The third-order valence-corrected chi connectivity index (χ3v) is 6.60. The topological polar surface area (TPSA) is 97.7 Å². The molecule has 1 aliphatic carbocycles. The summed E-state index contributed by atoms with van der Waals surface area (Å²) in [4.78, 5) is 18.6. The number of carbonyl (C=O) groups is 1. The van der Waals surface area contributed by atoms with Gasteiger partial charge in [-0.05, 0) is 55.5 Å². The van der Waals surface area contributed by atoms with E-state index >= 15 is 0 Å². The summed E-state index contributed by atoms with van der Waals surface area (Å²) >= 11 is 0. The smallest absolute Gasteiger partial charge is 0.323 e. The Hall–Kier alpha value is -3.47. The van der Waals surface area contributed by atoms with Crippen LogP contribution >= 0.6 is 0 Å². The van der Waals surface area contributed by atoms with Gasteiger partial charge >= 0.3 is 6.03 Å². The van der Waals surface area contributed by atoms with Crippen LogP contribution in [0.25, 0.3) is 5.69 Å². The average Bonchev–Trinajstić information content (AvgIpc) is 3.46. The zero-order valence-corrected chi connectivity index (χ0v) is 19.6. The number of aryl methyl sites for hydroxylation is 1. The monoisotopic (exact) mass is 479 g/mol. The van der Waals surface area contributed by atoms with E-state index in [0.717, 1.165) is 5.82 Å². The number of imidazole rings is 1. The molecule has 0 radical (unpaired) electrons. The normalized spacial score (nSPS) is 19.9. The minimum atomic E-state index is -0.874. The van der Waals surface area contributed by atoms with Crippen molar-refractivity contribution in [2.24, 2.45) is 0 Å². The summed E-state index contributed by atoms with van der Waals surface area (Å²) in [5.41, 5.74) is 5.09. The Kier molecular flexibility index (Phi) is 6.42. The zero-order chi connectivity index (χ0) is 24.5. The summed E-state index contributed by atoms with van der Waals surface area (Å²) in [5, 5.41) is 16.4. The standard InChI is InChI=1S/C25H28FN6O3/c1-16-27-11-12-30(16)20-9-10-23(22(26)13-20)29-32(34)24-14-21(35-2)15-31(24)25(33)28-19-7-5-18(6-8-19)17-3-4-17/h5-13,17,21,24,29H,3-4,14-15H2,1-2H3,(H,28,33)/q-1/t21-,24+/m1/s1. The molecule has 35 heavy (non-hydrogen) atoms. The molecule has 0 spiro atoms. The van der Waals surface area contributed by atoms with E-state index < -0.39 is 18.0 Å². The van der Waals surface area contributed by atoms with E-state index in [2.05, 4.69) is 15.7 Å². The van der Waals surface area contributed by atoms with Crippen LogP contribution in [0.5, 0.6) is 0 Å². The van der Waals surface area contributed by atoms with Crippen LogP contribution in [0.15, 0.2) is 54.9 Å². The number of hydrogen-bond acceptors (Lipinski definition) is 6. The number of likely N-dealkylation sites (tertiary alicyclic amines) is 1. The highest BCUT2D eigenvalue weighted by atomic mass is 19.1. The number of benzene rings is 2. The fourth-order valence-corrected chi connectivity index (χ4v) is 4.43. The molecule has 1 saturated carbocycles. The van der Waals surface area contributed by atoms with E-state index in [0.29, 0.717) is 22.5 Å². The zero-order valence-electron chi connectivity index (χ0n) is 19.6. The molecule has 184 valence electrons. The summed E-state index contributed by atoms with van der Waals surface area (Å²) in [5.74, 6) is 0.754. The Morgan fingerprint density at radius 1 is 1.23 bits per heavy atom. The molecule has 2 aliphatic rings. The van der Waals surface area contributed by atoms with Gasteiger partial charge < -0.3 is 30.2 Å². The van der Waals surface area contributed by atoms with Crippen molar-refractivity contribution in [1.29, 1.82) is 0 Å². The van der Waals surface area contributed by atoms with Crippen molar-refractivity contribution in [3.63, 3.8) is 0 Å². The maximum atomic E-state index is 14.8. The number of halogens is 1. The van der Waals surface area contributed by atoms with Gasteiger partial charge in [0.15, 0.2) is 0 Å². The Bertz CT molecular complexity index is 1200. The van der Waals surface area contributed by atoms with Gasteiger partial charge in [0.05, 0.1) is 24.5 Å². The second-order valence-corrected chi connectivity index (χ2v) is 9.00. The lowest BCUT2D eigenvalue weighted by atomic mass is 10.1. The number of hydroxylamine groups is 1. The molecule has 0 unspecified atom stereocenters. The van der Waals surface area contributed by atoms with Crippen LogP contribution in [0.4, 0.5) is 20.6 Å². The number of hydrazine groups is 1. The third kappa shape index (κ3) is 5.00. The van der Waals surface area contributed by atoms with Crippen LogP contribution in [-0.2, 0) is 4.74 Å². The molecule has 1 aliphatic heterocycles. The maximum Gasteiger partial charge on any atom is 0.323 e. The van der Waals surface area contributed by atoms with Crippen LogP contribution in [0, 0.1) is 17.9 Å². The molecule has 3 aromatic rings. The summed E-state index contributed by atoms with van der Waals surface area (Å²) < 4.78 is 22.0. The van der Waals surface area contributed by atoms with Crippen molar-refractivity contribution in [2.45, 2.75) is 44.4 Å². The number of methoxy groups -OCH3 is 1. The van der Waals surface area contributed by atoms with Gasteiger partial charge in [0, 0.05) is 43.4 Å². The highest BCUT2D eigenvalue weighted by Crippen LogP contribution is 2.40. The first-order valence-corrected chi connectivity index (χ1v) is 11.7. The number of nitrogens with one attached hydrogen (secondary N) is 2. The second kappa shape index (κ2) is 9.65. The number of anilines is 2. The SMILES string of the molecule is CO[C@@H]1C[C@H](N([O-])Nc2ccc(-n3ccnc3C)cc2F)N(C(=O)Nc2ccc(C3CC3)cc2)C1. The lowest BCUT2D eigenvalue weighted by Crippen LogP contribution is -2.48. The van der Waals surface area contributed by atoms with E-state index in [-0.39, 0.29) is 24.8 Å². The number of amides is 2. The third-order valence-electron chi connectivity index (χ3n) is 6.60. The molecule has 2 heterocycles. The Balaban J connectivity index is 1.27. The van der Waals surface area contributed by atoms with E-state index in [1.54, 1.807) is 30.1 Å². The van der Waals surface area contributed by atoms with Crippen molar-refractivity contribution in [3.05, 3.63) is 77.3 Å². The lowest BCUT2D eigenvalue weighted by Gasteiger charge is -2.40. The Morgan fingerprint density at radius 2 is 2.00 bits per heavy atom. The van der Waals surface area contributed by atoms with Crippen LogP contribution in [0.3, 0.4) is 0 Å². The van der Waals surface area contributed by atoms with Crippen LogP contribution in [0.1, 0.15) is 36.6 Å². The molecule has 1 saturated heterocycles. The number of carbonyl (C=O) groups excluding carboxylic acids is 1. The number of urea groups is 1. The molecule has 9 nitrogen and oxygen atoms in total. The lowest BCUT2D eigenvalue weighted by molar-refractivity contribution is 0.110. The summed E-state index contributed by atoms with van der Waals surface area (Å²) in [6.07, 6.45) is 4.88. The minimum Gasteiger partial charge on any atom is -0.766 e. The van der Waals surface area contributed by atoms with Gasteiger partial charge in [-0.1, -0.05) is 12.1 Å². The molecule has 2 atom stereocenters. The minimum absolute atomic E-state index is 0.0124. The molecule has 2 fully saturated rings. The van der Waals surface area contributed by atoms with Gasteiger partial charge in [-0.15, -0.1) is 0 Å². The van der Waals surface area contributed by atoms with Crippen LogP contribution < -0.4 is 10.7 Å². The van der Waals surface area contributed by atoms with Crippen molar-refractivity contribution in [1.82, 2.24) is 19.6 Å². The summed E-state index contributed by atoms with van der Waals surface area (Å²) in [6.45, 7) is 2.06. The molecule has 10 heteroatoms. The van der Waals surface area contributed by atoms with Crippen LogP contribution in [-0.4, -0.2) is 51.6 Å². The van der Waals surface area contributed by atoms with E-state index in [1.165, 1.54) is 35.4 Å². The largest absolute Gasteiger partial charge is 0.766 e. The first-order chi connectivity index (χ1) is 16.9. The van der Waals surface area contributed by atoms with Crippen molar-refractivity contribution < 1.29 is 13.9 Å². The predicted molar refractivity (Wildman–Crippen MR) is 130 cm³/mol. The quantitative estimate of drug-likeness (QED) is 0.481. The first kappa shape index (κ1) is 23.3. The Morgan fingerprint density at radius 3 is 2.63 bits per heavy atom. The molecule has 2 N–H and O–H groups in total. The number of aromatic nitrogens is 2. The highest BCUT2D eigenvalue weighted by Gasteiger charge is 2.37. The van der Waals surface area contributed by atoms with Gasteiger partial charge in [0.25, 0.3) is 0 Å². The average molecular weight is 480 g/mol. The molecule has 2 aromatic carbocycles. The molecule has 0 bridgehead atoms. The van der Waals surface area contributed by atoms with E-state index in [1.807, 2.05) is 31.2 Å². The van der Waals surface area contributed by atoms with Crippen LogP contribution in [0.2, 0.25) is 0 Å². The van der Waals surface area contributed by atoms with E-state index in [4.69, 9.17) is 4.74 Å².